The summed E-state index contributed by atoms with van der Waals surface area (Å²) in [7, 11) is 0. The number of carbonyl (C=O) groups excluding carboxylic acids is 3. The Labute approximate surface area is 181 Å². The topological polar surface area (TPSA) is 57.7 Å². The van der Waals surface area contributed by atoms with Crippen LogP contribution in [0.15, 0.2) is 84.9 Å². The van der Waals surface area contributed by atoms with E-state index in [1.807, 2.05) is 84.9 Å². The molecule has 0 N–H and O–H groups in total. The van der Waals surface area contributed by atoms with E-state index in [-0.39, 0.29) is 18.5 Å². The van der Waals surface area contributed by atoms with Gasteiger partial charge in [0.05, 0.1) is 11.7 Å². The highest BCUT2D eigenvalue weighted by Crippen LogP contribution is 2.33. The van der Waals surface area contributed by atoms with Crippen molar-refractivity contribution in [1.82, 2.24) is 4.90 Å². The summed E-state index contributed by atoms with van der Waals surface area (Å²) < 4.78 is 0. The Morgan fingerprint density at radius 2 is 1.48 bits per heavy atom. The van der Waals surface area contributed by atoms with Gasteiger partial charge >= 0.3 is 0 Å². The molecule has 1 aliphatic heterocycles. The average molecular weight is 412 g/mol. The third-order valence-corrected chi connectivity index (χ3v) is 5.60. The fourth-order valence-corrected chi connectivity index (χ4v) is 4.08. The van der Waals surface area contributed by atoms with Crippen molar-refractivity contribution < 1.29 is 14.4 Å². The molecule has 3 aromatic carbocycles. The lowest BCUT2D eigenvalue weighted by Gasteiger charge is -2.41. The minimum atomic E-state index is -0.606. The van der Waals surface area contributed by atoms with Crippen molar-refractivity contribution in [1.29, 1.82) is 0 Å². The molecular weight excluding hydrogens is 388 g/mol. The maximum atomic E-state index is 13.1. The van der Waals surface area contributed by atoms with Crippen LogP contribution < -0.4 is 4.90 Å². The third-order valence-electron chi connectivity index (χ3n) is 5.60. The number of carbonyl (C=O) groups is 3. The highest BCUT2D eigenvalue weighted by Gasteiger charge is 2.37. The second-order valence-corrected chi connectivity index (χ2v) is 7.72. The van der Waals surface area contributed by atoms with Gasteiger partial charge in [-0.15, -0.1) is 0 Å². The molecule has 5 heteroatoms. The molecule has 0 bridgehead atoms. The Balaban J connectivity index is 1.70. The first-order valence-electron chi connectivity index (χ1n) is 10.3. The summed E-state index contributed by atoms with van der Waals surface area (Å²) in [6.07, 6.45) is 0.567. The normalized spacial score (nSPS) is 16.3. The van der Waals surface area contributed by atoms with Crippen LogP contribution in [0, 0.1) is 0 Å². The SMILES string of the molecule is CC(=O)C(=O)N1CC(=O)N(c2ccccc2-c2ccccc2)CC1Cc1ccccc1. The van der Waals surface area contributed by atoms with E-state index >= 15 is 0 Å². The van der Waals surface area contributed by atoms with Gasteiger partial charge in [0, 0.05) is 19.0 Å². The molecule has 1 heterocycles. The first kappa shape index (κ1) is 20.5. The van der Waals surface area contributed by atoms with Crippen molar-refractivity contribution >= 4 is 23.3 Å². The molecule has 0 radical (unpaired) electrons. The van der Waals surface area contributed by atoms with Gasteiger partial charge in [-0.25, -0.2) is 0 Å². The predicted octanol–water partition coefficient (Wildman–Crippen LogP) is 3.73. The Morgan fingerprint density at radius 1 is 0.871 bits per heavy atom. The minimum absolute atomic E-state index is 0.112. The van der Waals surface area contributed by atoms with Crippen molar-refractivity contribution in [3.8, 4) is 11.1 Å². The van der Waals surface area contributed by atoms with E-state index in [2.05, 4.69) is 0 Å². The van der Waals surface area contributed by atoms with E-state index in [9.17, 15) is 14.4 Å². The zero-order valence-electron chi connectivity index (χ0n) is 17.4. The number of nitrogens with zero attached hydrogens (tertiary/aromatic N) is 2. The summed E-state index contributed by atoms with van der Waals surface area (Å²) >= 11 is 0. The van der Waals surface area contributed by atoms with Gasteiger partial charge in [0.1, 0.15) is 6.54 Å². The van der Waals surface area contributed by atoms with Crippen molar-refractivity contribution in [3.05, 3.63) is 90.5 Å². The van der Waals surface area contributed by atoms with Gasteiger partial charge in [0.2, 0.25) is 11.7 Å². The fourth-order valence-electron chi connectivity index (χ4n) is 4.08. The molecule has 156 valence electrons. The van der Waals surface area contributed by atoms with Gasteiger partial charge in [0.25, 0.3) is 5.91 Å². The van der Waals surface area contributed by atoms with Crippen LogP contribution in [-0.2, 0) is 20.8 Å². The number of para-hydroxylation sites is 1. The molecule has 4 rings (SSSR count). The Hall–Kier alpha value is -3.73. The number of ketones is 1. The first-order valence-corrected chi connectivity index (χ1v) is 10.3. The molecule has 1 fully saturated rings. The van der Waals surface area contributed by atoms with Gasteiger partial charge in [-0.2, -0.15) is 0 Å². The van der Waals surface area contributed by atoms with Crippen LogP contribution in [0.4, 0.5) is 5.69 Å². The number of benzene rings is 3. The largest absolute Gasteiger partial charge is 0.322 e. The zero-order chi connectivity index (χ0) is 21.8. The monoisotopic (exact) mass is 412 g/mol. The standard InChI is InChI=1S/C26H24N2O3/c1-19(29)26(31)27-18-25(30)28(17-22(27)16-20-10-4-2-5-11-20)24-15-9-8-14-23(24)21-12-6-3-7-13-21/h2-15,22H,16-18H2,1H3. The molecule has 1 unspecified atom stereocenters. The number of piperazine rings is 1. The quantitative estimate of drug-likeness (QED) is 0.600. The lowest BCUT2D eigenvalue weighted by Crippen LogP contribution is -2.60. The van der Waals surface area contributed by atoms with Gasteiger partial charge < -0.3 is 9.80 Å². The number of Topliss-reactive ketones (excluding diaryl/α,β-unsaturated/α-hetero) is 1. The van der Waals surface area contributed by atoms with Crippen molar-refractivity contribution in [2.24, 2.45) is 0 Å². The number of hydrogen-bond acceptors (Lipinski definition) is 3. The molecule has 0 aliphatic carbocycles. The molecule has 2 amide bonds. The molecule has 31 heavy (non-hydrogen) atoms. The van der Waals surface area contributed by atoms with E-state index in [0.717, 1.165) is 22.4 Å². The van der Waals surface area contributed by atoms with Crippen molar-refractivity contribution in [3.63, 3.8) is 0 Å². The Kier molecular flexibility index (Phi) is 5.94. The van der Waals surface area contributed by atoms with Gasteiger partial charge in [0.15, 0.2) is 0 Å². The van der Waals surface area contributed by atoms with Crippen LogP contribution in [0.25, 0.3) is 11.1 Å². The highest BCUT2D eigenvalue weighted by molar-refractivity contribution is 6.35. The molecule has 1 saturated heterocycles. The smallest absolute Gasteiger partial charge is 0.290 e. The van der Waals surface area contributed by atoms with E-state index in [1.54, 1.807) is 4.90 Å². The molecule has 3 aromatic rings. The summed E-state index contributed by atoms with van der Waals surface area (Å²) in [5.41, 5.74) is 3.85. The van der Waals surface area contributed by atoms with Crippen molar-refractivity contribution in [2.75, 3.05) is 18.0 Å². The molecule has 0 saturated carbocycles. The van der Waals surface area contributed by atoms with Crippen LogP contribution >= 0.6 is 0 Å². The average Bonchev–Trinajstić information content (AvgIpc) is 2.80. The fraction of sp³-hybridized carbons (Fsp3) is 0.192. The summed E-state index contributed by atoms with van der Waals surface area (Å²) in [4.78, 5) is 40.7. The second kappa shape index (κ2) is 8.96. The van der Waals surface area contributed by atoms with Crippen molar-refractivity contribution in [2.45, 2.75) is 19.4 Å². The van der Waals surface area contributed by atoms with Gasteiger partial charge in [-0.1, -0.05) is 78.9 Å². The van der Waals surface area contributed by atoms with E-state index in [4.69, 9.17) is 0 Å². The maximum absolute atomic E-state index is 13.1. The number of hydrogen-bond donors (Lipinski definition) is 0. The highest BCUT2D eigenvalue weighted by atomic mass is 16.2. The van der Waals surface area contributed by atoms with E-state index < -0.39 is 11.7 Å². The van der Waals surface area contributed by atoms with Gasteiger partial charge in [-0.3, -0.25) is 14.4 Å². The summed E-state index contributed by atoms with van der Waals surface area (Å²) in [5.74, 6) is -1.35. The minimum Gasteiger partial charge on any atom is -0.322 e. The maximum Gasteiger partial charge on any atom is 0.290 e. The molecular formula is C26H24N2O3. The first-order chi connectivity index (χ1) is 15.0. The second-order valence-electron chi connectivity index (χ2n) is 7.72. The summed E-state index contributed by atoms with van der Waals surface area (Å²) in [5, 5.41) is 0. The molecule has 1 atom stereocenters. The van der Waals surface area contributed by atoms with Crippen LogP contribution in [0.5, 0.6) is 0 Å². The Morgan fingerprint density at radius 3 is 2.16 bits per heavy atom. The van der Waals surface area contributed by atoms with Crippen LogP contribution in [0.3, 0.4) is 0 Å². The zero-order valence-corrected chi connectivity index (χ0v) is 17.4. The summed E-state index contributed by atoms with van der Waals surface area (Å²) in [6.45, 7) is 1.47. The van der Waals surface area contributed by atoms with E-state index in [0.29, 0.717) is 13.0 Å². The summed E-state index contributed by atoms with van der Waals surface area (Å²) in [6, 6.07) is 27.2. The lowest BCUT2D eigenvalue weighted by molar-refractivity contribution is -0.147. The lowest BCUT2D eigenvalue weighted by atomic mass is 9.98. The predicted molar refractivity (Wildman–Crippen MR) is 121 cm³/mol. The number of amides is 2. The molecule has 5 nitrogen and oxygen atoms in total. The molecule has 1 aliphatic rings. The molecule has 0 aromatic heterocycles. The van der Waals surface area contributed by atoms with Crippen LogP contribution in [0.1, 0.15) is 12.5 Å². The molecule has 0 spiro atoms. The number of rotatable bonds is 5. The van der Waals surface area contributed by atoms with E-state index in [1.165, 1.54) is 11.8 Å². The van der Waals surface area contributed by atoms with Crippen LogP contribution in [-0.4, -0.2) is 41.6 Å². The number of anilines is 1. The third kappa shape index (κ3) is 4.40. The van der Waals surface area contributed by atoms with Gasteiger partial charge in [-0.05, 0) is 23.6 Å². The van der Waals surface area contributed by atoms with Crippen LogP contribution in [0.2, 0.25) is 0 Å². The Bertz CT molecular complexity index is 1100.